The summed E-state index contributed by atoms with van der Waals surface area (Å²) in [4.78, 5) is 32.0. The predicted molar refractivity (Wildman–Crippen MR) is 174 cm³/mol. The molecule has 0 spiro atoms. The summed E-state index contributed by atoms with van der Waals surface area (Å²) < 4.78 is 38.7. The van der Waals surface area contributed by atoms with Gasteiger partial charge in [-0.2, -0.15) is 5.10 Å². The van der Waals surface area contributed by atoms with E-state index in [-0.39, 0.29) is 17.7 Å². The molecule has 0 radical (unpaired) electrons. The summed E-state index contributed by atoms with van der Waals surface area (Å²) in [5, 5.41) is 4.93. The van der Waals surface area contributed by atoms with Gasteiger partial charge in [0.2, 0.25) is 5.91 Å². The van der Waals surface area contributed by atoms with Crippen molar-refractivity contribution in [2.45, 2.75) is 44.9 Å². The number of anilines is 1. The first kappa shape index (κ1) is 29.0. The zero-order valence-electron chi connectivity index (χ0n) is 26.2. The average Bonchev–Trinajstić information content (AvgIpc) is 3.73. The fraction of sp³-hybridized carbons (Fsp3) is 0.286. The second-order valence-electron chi connectivity index (χ2n) is 12.5. The van der Waals surface area contributed by atoms with Crippen LogP contribution in [0.3, 0.4) is 0 Å². The maximum atomic E-state index is 14.8. The van der Waals surface area contributed by atoms with Gasteiger partial charge in [0.05, 0.1) is 29.2 Å². The monoisotopic (exact) mass is 634 g/mol. The Morgan fingerprint density at radius 2 is 1.87 bits per heavy atom. The van der Waals surface area contributed by atoms with E-state index in [2.05, 4.69) is 31.8 Å². The van der Waals surface area contributed by atoms with Crippen molar-refractivity contribution in [2.24, 2.45) is 0 Å². The number of nitrogens with zero attached hydrogens (tertiary/aromatic N) is 8. The lowest BCUT2D eigenvalue weighted by Gasteiger charge is -2.37. The summed E-state index contributed by atoms with van der Waals surface area (Å²) in [6.07, 6.45) is 3.71. The standard InChI is InChI=1S/C35H32F2N8O2/c1-21-41-29-10-5-9-26-22-7-4-8-24(15-22)47-25-17-35(2,34(46)42(3)13-6-14-43(21)31(26)29)44(19-25)32-27-18-40-45(33(27)39-20-38-32)30-12-11-23(36)16-28(30)37/h4-5,7-12,15-16,18,20,25H,6,13-14,17,19H2,1-3H3/t25?,35-/m0/s1. The van der Waals surface area contributed by atoms with Gasteiger partial charge in [0.1, 0.15) is 46.9 Å². The Balaban J connectivity index is 1.22. The highest BCUT2D eigenvalue weighted by molar-refractivity contribution is 5.95. The highest BCUT2D eigenvalue weighted by Gasteiger charge is 2.51. The molecule has 12 heteroatoms. The van der Waals surface area contributed by atoms with Crippen molar-refractivity contribution < 1.29 is 18.3 Å². The zero-order chi connectivity index (χ0) is 32.4. The van der Waals surface area contributed by atoms with Crippen LogP contribution in [-0.2, 0) is 11.3 Å². The molecule has 0 aliphatic carbocycles. The molecule has 5 heterocycles. The Bertz CT molecular complexity index is 2200. The molecule has 2 aliphatic rings. The number of hydrogen-bond donors (Lipinski definition) is 0. The molecular formula is C35H32F2N8O2. The van der Waals surface area contributed by atoms with Gasteiger partial charge in [0.25, 0.3) is 0 Å². The average molecular weight is 635 g/mol. The minimum atomic E-state index is -1.02. The quantitative estimate of drug-likeness (QED) is 0.241. The first-order chi connectivity index (χ1) is 22.7. The van der Waals surface area contributed by atoms with Crippen molar-refractivity contribution in [3.8, 4) is 22.6 Å². The van der Waals surface area contributed by atoms with E-state index in [9.17, 15) is 13.6 Å². The molecule has 10 nitrogen and oxygen atoms in total. The lowest BCUT2D eigenvalue weighted by molar-refractivity contribution is -0.135. The Hall–Kier alpha value is -5.39. The minimum absolute atomic E-state index is 0.0561. The fourth-order valence-electron chi connectivity index (χ4n) is 7.22. The van der Waals surface area contributed by atoms with Crippen LogP contribution in [0, 0.1) is 18.6 Å². The smallest absolute Gasteiger partial charge is 0.248 e. The van der Waals surface area contributed by atoms with Gasteiger partial charge >= 0.3 is 0 Å². The van der Waals surface area contributed by atoms with Crippen LogP contribution in [0.15, 0.2) is 73.2 Å². The molecule has 6 aromatic rings. The third-order valence-electron chi connectivity index (χ3n) is 9.43. The summed E-state index contributed by atoms with van der Waals surface area (Å²) in [5.74, 6) is 0.580. The molecule has 3 aromatic carbocycles. The number of fused-ring (bicyclic) bond motifs is 6. The van der Waals surface area contributed by atoms with Crippen molar-refractivity contribution >= 4 is 33.8 Å². The summed E-state index contributed by atoms with van der Waals surface area (Å²) in [6, 6.07) is 17.5. The van der Waals surface area contributed by atoms with Gasteiger partial charge < -0.3 is 19.1 Å². The van der Waals surface area contributed by atoms with Gasteiger partial charge in [-0.1, -0.05) is 24.3 Å². The molecule has 1 saturated heterocycles. The van der Waals surface area contributed by atoms with Gasteiger partial charge in [-0.25, -0.2) is 28.4 Å². The molecule has 238 valence electrons. The number of benzene rings is 3. The third kappa shape index (κ3) is 4.69. The van der Waals surface area contributed by atoms with Crippen LogP contribution in [0.5, 0.6) is 5.75 Å². The minimum Gasteiger partial charge on any atom is -0.488 e. The zero-order valence-corrected chi connectivity index (χ0v) is 26.2. The van der Waals surface area contributed by atoms with Crippen LogP contribution < -0.4 is 9.64 Å². The van der Waals surface area contributed by atoms with Crippen molar-refractivity contribution in [1.82, 2.24) is 34.2 Å². The van der Waals surface area contributed by atoms with E-state index in [1.54, 1.807) is 11.1 Å². The molecule has 0 N–H and O–H groups in total. The summed E-state index contributed by atoms with van der Waals surface area (Å²) in [7, 11) is 1.83. The maximum Gasteiger partial charge on any atom is 0.248 e. The number of amides is 1. The summed E-state index contributed by atoms with van der Waals surface area (Å²) in [6.45, 7) is 5.52. The third-order valence-corrected chi connectivity index (χ3v) is 9.43. The topological polar surface area (TPSA) is 94.2 Å². The lowest BCUT2D eigenvalue weighted by atomic mass is 9.95. The molecule has 1 amide bonds. The largest absolute Gasteiger partial charge is 0.488 e. The normalized spacial score (nSPS) is 20.0. The number of likely N-dealkylation sites (N-methyl/N-ethyl adjacent to an activating group) is 1. The highest BCUT2D eigenvalue weighted by Crippen LogP contribution is 2.40. The molecule has 0 saturated carbocycles. The predicted octanol–water partition coefficient (Wildman–Crippen LogP) is 5.70. The molecule has 1 fully saturated rings. The number of hydrogen-bond acceptors (Lipinski definition) is 7. The van der Waals surface area contributed by atoms with Crippen molar-refractivity contribution in [2.75, 3.05) is 25.0 Å². The molecule has 47 heavy (non-hydrogen) atoms. The van der Waals surface area contributed by atoms with Gasteiger partial charge in [0, 0.05) is 38.2 Å². The van der Waals surface area contributed by atoms with Crippen LogP contribution in [0.25, 0.3) is 38.9 Å². The molecular weight excluding hydrogens is 602 g/mol. The molecule has 3 aromatic heterocycles. The van der Waals surface area contributed by atoms with E-state index in [1.807, 2.05) is 56.1 Å². The number of imidazole rings is 1. The van der Waals surface area contributed by atoms with Gasteiger partial charge in [0.15, 0.2) is 11.5 Å². The van der Waals surface area contributed by atoms with E-state index in [0.717, 1.165) is 40.5 Å². The Morgan fingerprint density at radius 1 is 1.02 bits per heavy atom. The van der Waals surface area contributed by atoms with Crippen molar-refractivity contribution in [1.29, 1.82) is 0 Å². The second-order valence-corrected chi connectivity index (χ2v) is 12.5. The lowest BCUT2D eigenvalue weighted by Crippen LogP contribution is -2.54. The molecule has 2 atom stereocenters. The number of para-hydroxylation sites is 1. The maximum absolute atomic E-state index is 14.8. The SMILES string of the molecule is Cc1nc2cccc3c2n1CCCN(C)C(=O)[C@]1(C)CC(CN1c1ncnc2c1cnn2-c1ccc(F)cc1F)Oc1cccc-3c1. The first-order valence-corrected chi connectivity index (χ1v) is 15.6. The fourth-order valence-corrected chi connectivity index (χ4v) is 7.22. The number of aryl methyl sites for hydroxylation is 2. The first-order valence-electron chi connectivity index (χ1n) is 15.6. The number of halogens is 2. The van der Waals surface area contributed by atoms with E-state index in [4.69, 9.17) is 9.72 Å². The van der Waals surface area contributed by atoms with Gasteiger partial charge in [-0.15, -0.1) is 0 Å². The Morgan fingerprint density at radius 3 is 2.72 bits per heavy atom. The number of carbonyl (C=O) groups is 1. The summed E-state index contributed by atoms with van der Waals surface area (Å²) >= 11 is 0. The van der Waals surface area contributed by atoms with E-state index in [0.29, 0.717) is 48.7 Å². The van der Waals surface area contributed by atoms with E-state index >= 15 is 0 Å². The van der Waals surface area contributed by atoms with Crippen LogP contribution in [0.4, 0.5) is 14.6 Å². The number of ether oxygens (including phenoxy) is 1. The van der Waals surface area contributed by atoms with E-state index < -0.39 is 17.2 Å². The van der Waals surface area contributed by atoms with Crippen molar-refractivity contribution in [3.05, 3.63) is 90.6 Å². The Kier molecular flexibility index (Phi) is 6.71. The van der Waals surface area contributed by atoms with E-state index in [1.165, 1.54) is 23.1 Å². The number of rotatable bonds is 2. The van der Waals surface area contributed by atoms with Crippen molar-refractivity contribution in [3.63, 3.8) is 0 Å². The molecule has 1 unspecified atom stereocenters. The van der Waals surface area contributed by atoms with Gasteiger partial charge in [-0.05, 0) is 56.2 Å². The number of aromatic nitrogens is 6. The highest BCUT2D eigenvalue weighted by atomic mass is 19.1. The Labute approximate surface area is 269 Å². The van der Waals surface area contributed by atoms with Crippen LogP contribution in [0.2, 0.25) is 0 Å². The molecule has 4 bridgehead atoms. The summed E-state index contributed by atoms with van der Waals surface area (Å²) in [5.41, 5.74) is 3.47. The molecule has 2 aliphatic heterocycles. The molecule has 8 rings (SSSR count). The van der Waals surface area contributed by atoms with Crippen LogP contribution in [0.1, 0.15) is 25.6 Å². The number of carbonyl (C=O) groups excluding carboxylic acids is 1. The van der Waals surface area contributed by atoms with Crippen LogP contribution >= 0.6 is 0 Å². The van der Waals surface area contributed by atoms with Gasteiger partial charge in [-0.3, -0.25) is 4.79 Å². The second kappa shape index (κ2) is 10.9. The van der Waals surface area contributed by atoms with Crippen LogP contribution in [-0.4, -0.2) is 71.9 Å².